The Morgan fingerprint density at radius 1 is 1.03 bits per heavy atom. The Morgan fingerprint density at radius 3 is 2.26 bits per heavy atom. The summed E-state index contributed by atoms with van der Waals surface area (Å²) in [6.45, 7) is 0. The minimum atomic E-state index is -0.626. The number of halogens is 2. The molecular weight excluding hydrogens is 524 g/mol. The number of phenols is 1. The van der Waals surface area contributed by atoms with E-state index in [0.717, 1.165) is 15.6 Å². The van der Waals surface area contributed by atoms with Gasteiger partial charge in [0.05, 0.1) is 10.7 Å². The van der Waals surface area contributed by atoms with Crippen molar-refractivity contribution >= 4 is 49.7 Å². The molecule has 6 nitrogen and oxygen atoms in total. The molecule has 0 saturated carbocycles. The Labute approximate surface area is 196 Å². The quantitative estimate of drug-likeness (QED) is 0.324. The van der Waals surface area contributed by atoms with Crippen LogP contribution in [0, 0.1) is 0 Å². The Kier molecular flexibility index (Phi) is 6.20. The number of hydrogen-bond donors (Lipinski definition) is 3. The highest BCUT2D eigenvalue weighted by Gasteiger charge is 2.41. The van der Waals surface area contributed by atoms with Gasteiger partial charge in [0.2, 0.25) is 0 Å². The number of nitrogens with zero attached hydrogens (tertiary/aromatic N) is 2. The lowest BCUT2D eigenvalue weighted by Crippen LogP contribution is -2.38. The van der Waals surface area contributed by atoms with E-state index in [4.69, 9.17) is 0 Å². The minimum Gasteiger partial charge on any atom is -0.507 e. The lowest BCUT2D eigenvalue weighted by atomic mass is 9.80. The van der Waals surface area contributed by atoms with Crippen LogP contribution in [-0.4, -0.2) is 22.9 Å². The van der Waals surface area contributed by atoms with Gasteiger partial charge < -0.3 is 5.11 Å². The fourth-order valence-electron chi connectivity index (χ4n) is 3.45. The number of hydrazone groups is 2. The van der Waals surface area contributed by atoms with Gasteiger partial charge in [-0.1, -0.05) is 76.6 Å². The second-order valence-electron chi connectivity index (χ2n) is 7.01. The molecule has 8 heteroatoms. The van der Waals surface area contributed by atoms with Crippen LogP contribution in [0.15, 0.2) is 91.9 Å². The minimum absolute atomic E-state index is 0.0795. The molecule has 0 aliphatic carbocycles. The van der Waals surface area contributed by atoms with Crippen molar-refractivity contribution in [2.75, 3.05) is 0 Å². The van der Waals surface area contributed by atoms with E-state index < -0.39 is 11.4 Å². The van der Waals surface area contributed by atoms with Gasteiger partial charge in [0, 0.05) is 16.5 Å². The van der Waals surface area contributed by atoms with Gasteiger partial charge in [-0.3, -0.25) is 10.2 Å². The van der Waals surface area contributed by atoms with E-state index in [2.05, 4.69) is 52.9 Å². The number of hydrogen-bond acceptors (Lipinski definition) is 5. The molecule has 0 saturated heterocycles. The van der Waals surface area contributed by atoms with Gasteiger partial charge in [0.1, 0.15) is 17.0 Å². The summed E-state index contributed by atoms with van der Waals surface area (Å²) in [6, 6.07) is 23.1. The summed E-state index contributed by atoms with van der Waals surface area (Å²) >= 11 is 6.65. The van der Waals surface area contributed by atoms with E-state index in [1.165, 1.54) is 12.3 Å². The largest absolute Gasteiger partial charge is 0.507 e. The maximum absolute atomic E-state index is 12.7. The molecule has 1 aliphatic rings. The number of amides is 1. The molecule has 0 bridgehead atoms. The lowest BCUT2D eigenvalue weighted by molar-refractivity contribution is -0.114. The van der Waals surface area contributed by atoms with E-state index in [0.29, 0.717) is 22.2 Å². The van der Waals surface area contributed by atoms with E-state index in [1.807, 2.05) is 60.7 Å². The van der Waals surface area contributed by atoms with Crippen LogP contribution in [0.25, 0.3) is 0 Å². The zero-order chi connectivity index (χ0) is 21.8. The average Bonchev–Trinajstić information content (AvgIpc) is 3.25. The summed E-state index contributed by atoms with van der Waals surface area (Å²) in [5.74, 6) is -0.314. The second-order valence-corrected chi connectivity index (χ2v) is 8.72. The molecule has 0 spiro atoms. The molecule has 0 unspecified atom stereocenters. The molecule has 1 amide bonds. The zero-order valence-corrected chi connectivity index (χ0v) is 19.4. The van der Waals surface area contributed by atoms with Crippen LogP contribution in [0.1, 0.15) is 23.1 Å². The summed E-state index contributed by atoms with van der Waals surface area (Å²) in [6.07, 6.45) is 1.84. The van der Waals surface area contributed by atoms with Gasteiger partial charge in [-0.2, -0.15) is 10.2 Å². The third kappa shape index (κ3) is 4.40. The van der Waals surface area contributed by atoms with Crippen molar-refractivity contribution in [2.45, 2.75) is 12.0 Å². The topological polar surface area (TPSA) is 86.1 Å². The van der Waals surface area contributed by atoms with Crippen LogP contribution < -0.4 is 10.9 Å². The summed E-state index contributed by atoms with van der Waals surface area (Å²) in [5, 5.41) is 18.2. The molecule has 156 valence electrons. The molecular formula is C23H18Br2N4O2. The van der Waals surface area contributed by atoms with Gasteiger partial charge in [-0.05, 0) is 39.2 Å². The summed E-state index contributed by atoms with van der Waals surface area (Å²) in [7, 11) is 0. The van der Waals surface area contributed by atoms with Gasteiger partial charge in [-0.25, -0.2) is 5.43 Å². The molecule has 0 fully saturated rings. The number of nitrogens with one attached hydrogen (secondary N) is 2. The van der Waals surface area contributed by atoms with Crippen molar-refractivity contribution in [1.82, 2.24) is 10.9 Å². The first-order valence-electron chi connectivity index (χ1n) is 9.46. The first-order chi connectivity index (χ1) is 15.0. The van der Waals surface area contributed by atoms with E-state index >= 15 is 0 Å². The number of aromatic hydroxyl groups is 1. The maximum Gasteiger partial charge on any atom is 0.287 e. The van der Waals surface area contributed by atoms with Crippen LogP contribution in [0.5, 0.6) is 5.75 Å². The molecule has 3 aromatic rings. The Morgan fingerprint density at radius 2 is 1.65 bits per heavy atom. The smallest absolute Gasteiger partial charge is 0.287 e. The fraction of sp³-hybridized carbons (Fsp3) is 0.0870. The maximum atomic E-state index is 12.7. The standard InChI is InChI=1S/C23H18Br2N4O2/c24-18-12-19(25)21(30)11-15(18)14-26-28-22(31)20-13-23(29-27-20,16-7-3-1-4-8-16)17-9-5-2-6-10-17/h1-12,14,29-30H,13H2,(H,28,31)/b26-14-. The number of benzene rings is 3. The van der Waals surface area contributed by atoms with Crippen LogP contribution in [-0.2, 0) is 10.3 Å². The van der Waals surface area contributed by atoms with Crippen molar-refractivity contribution in [3.05, 3.63) is 98.4 Å². The summed E-state index contributed by atoms with van der Waals surface area (Å²) in [5.41, 5.74) is 8.10. The predicted molar refractivity (Wildman–Crippen MR) is 128 cm³/mol. The molecule has 3 N–H and O–H groups in total. The molecule has 1 aliphatic heterocycles. The molecule has 0 radical (unpaired) electrons. The highest BCUT2D eigenvalue weighted by molar-refractivity contribution is 9.11. The normalized spacial score (nSPS) is 14.8. The number of carbonyl (C=O) groups is 1. The third-order valence-electron chi connectivity index (χ3n) is 5.05. The fourth-order valence-corrected chi connectivity index (χ4v) is 4.54. The van der Waals surface area contributed by atoms with Gasteiger partial charge in [-0.15, -0.1) is 0 Å². The molecule has 1 heterocycles. The average molecular weight is 542 g/mol. The first-order valence-corrected chi connectivity index (χ1v) is 11.0. The lowest BCUT2D eigenvalue weighted by Gasteiger charge is -2.30. The van der Waals surface area contributed by atoms with Crippen molar-refractivity contribution in [3.63, 3.8) is 0 Å². The van der Waals surface area contributed by atoms with Crippen molar-refractivity contribution in [2.24, 2.45) is 10.2 Å². The van der Waals surface area contributed by atoms with Gasteiger partial charge in [0.25, 0.3) is 5.91 Å². The van der Waals surface area contributed by atoms with E-state index in [1.54, 1.807) is 6.07 Å². The van der Waals surface area contributed by atoms with Crippen LogP contribution in [0.4, 0.5) is 0 Å². The molecule has 0 atom stereocenters. The monoisotopic (exact) mass is 540 g/mol. The van der Waals surface area contributed by atoms with Crippen LogP contribution in [0.3, 0.4) is 0 Å². The Bertz CT molecular complexity index is 1130. The number of phenolic OH excluding ortho intramolecular Hbond substituents is 1. The highest BCUT2D eigenvalue weighted by atomic mass is 79.9. The van der Waals surface area contributed by atoms with Crippen molar-refractivity contribution < 1.29 is 9.90 Å². The van der Waals surface area contributed by atoms with Crippen molar-refractivity contribution in [1.29, 1.82) is 0 Å². The predicted octanol–water partition coefficient (Wildman–Crippen LogP) is 4.66. The number of rotatable bonds is 5. The SMILES string of the molecule is O=C(N/N=C\c1cc(O)c(Br)cc1Br)C1=NNC(c2ccccc2)(c2ccccc2)C1. The molecule has 31 heavy (non-hydrogen) atoms. The summed E-state index contributed by atoms with van der Waals surface area (Å²) < 4.78 is 1.28. The second kappa shape index (κ2) is 9.03. The van der Waals surface area contributed by atoms with Crippen LogP contribution in [0.2, 0.25) is 0 Å². The number of carbonyl (C=O) groups excluding carboxylic acids is 1. The highest BCUT2D eigenvalue weighted by Crippen LogP contribution is 2.36. The third-order valence-corrected chi connectivity index (χ3v) is 6.37. The summed E-state index contributed by atoms with van der Waals surface area (Å²) in [4.78, 5) is 12.7. The van der Waals surface area contributed by atoms with Crippen molar-refractivity contribution in [3.8, 4) is 5.75 Å². The first kappa shape index (κ1) is 21.3. The molecule has 3 aromatic carbocycles. The van der Waals surface area contributed by atoms with Gasteiger partial charge >= 0.3 is 0 Å². The van der Waals surface area contributed by atoms with E-state index in [-0.39, 0.29) is 5.75 Å². The molecule has 0 aromatic heterocycles. The molecule has 4 rings (SSSR count). The zero-order valence-electron chi connectivity index (χ0n) is 16.2. The van der Waals surface area contributed by atoms with E-state index in [9.17, 15) is 9.90 Å². The van der Waals surface area contributed by atoms with Crippen LogP contribution >= 0.6 is 31.9 Å². The van der Waals surface area contributed by atoms with Gasteiger partial charge in [0.15, 0.2) is 0 Å². The Hall–Kier alpha value is -2.97. The Balaban J connectivity index is 1.52.